The number of ether oxygens (including phenoxy) is 1. The Balaban J connectivity index is 1.17. The Hall–Kier alpha value is -8.17. The van der Waals surface area contributed by atoms with Crippen LogP contribution in [0.1, 0.15) is 131 Å². The number of amides is 8. The second kappa shape index (κ2) is 32.7. The highest BCUT2D eigenvalue weighted by molar-refractivity contribution is 6.05. The van der Waals surface area contributed by atoms with Crippen LogP contribution < -0.4 is 48.7 Å². The van der Waals surface area contributed by atoms with Gasteiger partial charge in [0.25, 0.3) is 5.91 Å². The molecule has 1 aliphatic heterocycles. The molecule has 0 fully saturated rings. The standard InChI is InChI=1S/C59H80N12O9/c1-6-9-10-14-19-51(72)70-52(38(4)5)56(76)68-47(18-15-26-63-58(61)78)55(75)65-45-24-20-40(21-25-45)37-80-59(79)69-49(30-39-16-12-11-13-17-39)54(74)64-35-41-29-46(36-62-34-41)66-53(73)43-23-22-42-31-44(33-50(60)67-48(42)32-43)57(77)71(27-7-2)28-8-3/h11-13,16-17,20-25,29,31-32,34,36,38,47,49,52,57,77H,6-10,14-15,18-19,26-28,30,33,35,37H2,1-5H3,(H2,60,67)(H,64,74)(H,65,75)(H,66,73)(H,68,76)(H,69,79)(H,70,72)(H3,61,63,78)/t47-,49?,52-,57?/m0/s1. The van der Waals surface area contributed by atoms with Crippen molar-refractivity contribution in [3.8, 4) is 0 Å². The van der Waals surface area contributed by atoms with Gasteiger partial charge in [-0.15, -0.1) is 0 Å². The zero-order valence-electron chi connectivity index (χ0n) is 46.6. The summed E-state index contributed by atoms with van der Waals surface area (Å²) >= 11 is 0. The van der Waals surface area contributed by atoms with Gasteiger partial charge in [-0.05, 0) is 96.7 Å². The number of urea groups is 1. The number of aromatic nitrogens is 1. The van der Waals surface area contributed by atoms with Crippen molar-refractivity contribution in [3.05, 3.63) is 125 Å². The van der Waals surface area contributed by atoms with Gasteiger partial charge in [-0.25, -0.2) is 14.6 Å². The van der Waals surface area contributed by atoms with Crippen molar-refractivity contribution in [2.24, 2.45) is 22.4 Å². The molecule has 0 spiro atoms. The van der Waals surface area contributed by atoms with E-state index >= 15 is 0 Å². The molecule has 8 amide bonds. The second-order valence-corrected chi connectivity index (χ2v) is 20.2. The van der Waals surface area contributed by atoms with E-state index in [1.165, 1.54) is 6.20 Å². The van der Waals surface area contributed by atoms with Crippen molar-refractivity contribution >= 4 is 70.6 Å². The Bertz CT molecular complexity index is 2770. The van der Waals surface area contributed by atoms with Gasteiger partial charge < -0.3 is 58.5 Å². The Kier molecular flexibility index (Phi) is 25.6. The molecule has 2 heterocycles. The normalized spacial score (nSPS) is 13.4. The van der Waals surface area contributed by atoms with Crippen LogP contribution in [0, 0.1) is 5.92 Å². The van der Waals surface area contributed by atoms with Crippen molar-refractivity contribution in [1.82, 2.24) is 36.5 Å². The van der Waals surface area contributed by atoms with E-state index in [-0.39, 0.29) is 57.2 Å². The van der Waals surface area contributed by atoms with Gasteiger partial charge in [0.2, 0.25) is 23.6 Å². The van der Waals surface area contributed by atoms with Gasteiger partial charge in [-0.1, -0.05) is 102 Å². The zero-order chi connectivity index (χ0) is 58.0. The van der Waals surface area contributed by atoms with Crippen LogP contribution >= 0.6 is 0 Å². The van der Waals surface area contributed by atoms with Crippen molar-refractivity contribution in [2.75, 3.05) is 30.3 Å². The van der Waals surface area contributed by atoms with E-state index in [1.54, 1.807) is 68.6 Å². The molecule has 2 unspecified atom stereocenters. The van der Waals surface area contributed by atoms with Gasteiger partial charge in [0.15, 0.2) is 0 Å². The van der Waals surface area contributed by atoms with Crippen LogP contribution in [-0.2, 0) is 43.5 Å². The van der Waals surface area contributed by atoms with Crippen molar-refractivity contribution in [3.63, 3.8) is 0 Å². The lowest BCUT2D eigenvalue weighted by Gasteiger charge is -2.28. The number of aliphatic hydroxyl groups is 1. The molecule has 0 bridgehead atoms. The smallest absolute Gasteiger partial charge is 0.408 e. The predicted molar refractivity (Wildman–Crippen MR) is 309 cm³/mol. The molecule has 0 saturated carbocycles. The Morgan fingerprint density at radius 3 is 2.15 bits per heavy atom. The number of primary amides is 1. The molecule has 1 aliphatic rings. The number of carbonyl (C=O) groups is 7. The lowest BCUT2D eigenvalue weighted by Crippen LogP contribution is -2.54. The maximum Gasteiger partial charge on any atom is 0.408 e. The number of pyridine rings is 1. The lowest BCUT2D eigenvalue weighted by molar-refractivity contribution is -0.132. The quantitative estimate of drug-likeness (QED) is 0.0186. The molecule has 1 aromatic heterocycles. The summed E-state index contributed by atoms with van der Waals surface area (Å²) in [6.45, 7) is 11.3. The third-order valence-electron chi connectivity index (χ3n) is 13.1. The van der Waals surface area contributed by atoms with Gasteiger partial charge in [-0.3, -0.25) is 33.9 Å². The number of fused-ring (bicyclic) bond motifs is 1. The number of hydrogen-bond donors (Lipinski definition) is 10. The number of carbonyl (C=O) groups excluding carboxylic acids is 7. The minimum absolute atomic E-state index is 0.0112. The van der Waals surface area contributed by atoms with Gasteiger partial charge in [0, 0.05) is 68.5 Å². The monoisotopic (exact) mass is 1100 g/mol. The largest absolute Gasteiger partial charge is 0.445 e. The first-order valence-electron chi connectivity index (χ1n) is 27.6. The number of aliphatic hydroxyl groups excluding tert-OH is 1. The molecule has 21 heteroatoms. The van der Waals surface area contributed by atoms with E-state index in [0.29, 0.717) is 52.4 Å². The van der Waals surface area contributed by atoms with Crippen LogP contribution in [0.25, 0.3) is 6.08 Å². The first kappa shape index (κ1) is 62.7. The summed E-state index contributed by atoms with van der Waals surface area (Å²) in [7, 11) is 0. The van der Waals surface area contributed by atoms with E-state index in [4.69, 9.17) is 16.2 Å². The minimum Gasteiger partial charge on any atom is -0.445 e. The van der Waals surface area contributed by atoms with Crippen molar-refractivity contribution in [2.45, 2.75) is 143 Å². The van der Waals surface area contributed by atoms with E-state index in [9.17, 15) is 38.7 Å². The van der Waals surface area contributed by atoms with Crippen LogP contribution in [-0.4, -0.2) is 106 Å². The van der Waals surface area contributed by atoms with Crippen LogP contribution in [0.4, 0.5) is 26.7 Å². The molecular formula is C59H80N12O9. The number of benzene rings is 3. The zero-order valence-corrected chi connectivity index (χ0v) is 46.6. The number of hydrogen-bond acceptors (Lipinski definition) is 13. The fourth-order valence-electron chi connectivity index (χ4n) is 8.90. The minimum atomic E-state index is -1.05. The number of nitrogens with zero attached hydrogens (tertiary/aromatic N) is 3. The highest BCUT2D eigenvalue weighted by atomic mass is 16.5. The van der Waals surface area contributed by atoms with Crippen molar-refractivity contribution < 1.29 is 43.4 Å². The molecule has 5 rings (SSSR count). The summed E-state index contributed by atoms with van der Waals surface area (Å²) in [5.41, 5.74) is 16.5. The molecule has 80 heavy (non-hydrogen) atoms. The van der Waals surface area contributed by atoms with Gasteiger partial charge in [0.1, 0.15) is 36.8 Å². The van der Waals surface area contributed by atoms with E-state index < -0.39 is 60.1 Å². The average molecular weight is 1100 g/mol. The number of aliphatic imine (C=N–C) groups is 1. The van der Waals surface area contributed by atoms with Crippen LogP contribution in [0.3, 0.4) is 0 Å². The highest BCUT2D eigenvalue weighted by Gasteiger charge is 2.30. The Morgan fingerprint density at radius 1 is 0.725 bits per heavy atom. The van der Waals surface area contributed by atoms with Crippen LogP contribution in [0.2, 0.25) is 0 Å². The molecule has 4 aromatic rings. The number of nitrogens with two attached hydrogens (primary N) is 2. The molecule has 21 nitrogen and oxygen atoms in total. The number of alkyl carbamates (subject to hydrolysis) is 1. The summed E-state index contributed by atoms with van der Waals surface area (Å²) in [5, 5.41) is 30.6. The fourth-order valence-corrected chi connectivity index (χ4v) is 8.90. The molecule has 3 aromatic carbocycles. The summed E-state index contributed by atoms with van der Waals surface area (Å²) in [6.07, 6.45) is 9.85. The molecule has 0 saturated heterocycles. The second-order valence-electron chi connectivity index (χ2n) is 20.2. The van der Waals surface area contributed by atoms with Crippen LogP contribution in [0.5, 0.6) is 0 Å². The Labute approximate surface area is 468 Å². The number of anilines is 2. The lowest BCUT2D eigenvalue weighted by atomic mass is 10.0. The molecule has 12 N–H and O–H groups in total. The maximum absolute atomic E-state index is 13.8. The first-order valence-corrected chi connectivity index (χ1v) is 27.6. The summed E-state index contributed by atoms with van der Waals surface area (Å²) in [6, 6.07) is 18.7. The topological polar surface area (TPSA) is 314 Å². The summed E-state index contributed by atoms with van der Waals surface area (Å²) < 4.78 is 5.54. The third-order valence-corrected chi connectivity index (χ3v) is 13.1. The van der Waals surface area contributed by atoms with Gasteiger partial charge in [0.05, 0.1) is 17.6 Å². The fraction of sp³-hybridized carbons (Fsp3) is 0.441. The van der Waals surface area contributed by atoms with E-state index in [2.05, 4.69) is 68.0 Å². The average Bonchev–Trinajstić information content (AvgIpc) is 3.65. The van der Waals surface area contributed by atoms with Gasteiger partial charge >= 0.3 is 12.1 Å². The SMILES string of the molecule is CCCCCCC(=O)N[C@H](C(=O)N[C@@H](CCCNC(N)=O)C(=O)Nc1ccc(COC(=O)NC(Cc2ccccc2)C(=O)NCc2cncc(NC(=O)c3ccc4c(c3)N=C(N)CC(C(O)N(CCC)CCC)=C4)c2)cc1)C(C)C. The predicted octanol–water partition coefficient (Wildman–Crippen LogP) is 6.69. The molecule has 0 aliphatic carbocycles. The first-order chi connectivity index (χ1) is 38.5. The summed E-state index contributed by atoms with van der Waals surface area (Å²) in [5.74, 6) is -2.16. The van der Waals surface area contributed by atoms with Crippen molar-refractivity contribution in [1.29, 1.82) is 0 Å². The third kappa shape index (κ3) is 20.9. The number of nitrogens with one attached hydrogen (secondary N) is 7. The highest BCUT2D eigenvalue weighted by Crippen LogP contribution is 2.30. The number of rotatable bonds is 31. The molecular weight excluding hydrogens is 1020 g/mol. The van der Waals surface area contributed by atoms with E-state index in [0.717, 1.165) is 61.9 Å². The number of amidine groups is 1. The van der Waals surface area contributed by atoms with Crippen LogP contribution in [0.15, 0.2) is 102 Å². The maximum atomic E-state index is 13.8. The molecule has 430 valence electrons. The number of unbranched alkanes of at least 4 members (excludes halogenated alkanes) is 3. The van der Waals surface area contributed by atoms with E-state index in [1.807, 2.05) is 41.3 Å². The summed E-state index contributed by atoms with van der Waals surface area (Å²) in [4.78, 5) is 103. The van der Waals surface area contributed by atoms with Gasteiger partial charge in [-0.2, -0.15) is 0 Å². The molecule has 4 atom stereocenters. The Morgan fingerprint density at radius 2 is 1.46 bits per heavy atom. The molecule has 0 radical (unpaired) electrons.